The highest BCUT2D eigenvalue weighted by Gasteiger charge is 2.14. The average Bonchev–Trinajstić information content (AvgIpc) is 2.19. The van der Waals surface area contributed by atoms with E-state index in [1.165, 1.54) is 57.8 Å². The van der Waals surface area contributed by atoms with Crippen molar-refractivity contribution in [2.75, 3.05) is 0 Å². The van der Waals surface area contributed by atoms with E-state index in [0.29, 0.717) is 11.5 Å². The van der Waals surface area contributed by atoms with Crippen molar-refractivity contribution in [3.05, 3.63) is 0 Å². The minimum Gasteiger partial charge on any atom is -0.328 e. The van der Waals surface area contributed by atoms with Gasteiger partial charge in [0, 0.05) is 6.04 Å². The Morgan fingerprint density at radius 3 is 1.76 bits per heavy atom. The molecule has 0 heterocycles. The van der Waals surface area contributed by atoms with Gasteiger partial charge in [0.2, 0.25) is 0 Å². The third kappa shape index (κ3) is 13.9. The Labute approximate surface area is 110 Å². The fourth-order valence-corrected chi connectivity index (χ4v) is 2.43. The quantitative estimate of drug-likeness (QED) is 0.517. The number of nitrogens with two attached hydrogens (primary N) is 1. The van der Waals surface area contributed by atoms with Gasteiger partial charge in [0.15, 0.2) is 0 Å². The summed E-state index contributed by atoms with van der Waals surface area (Å²) < 4.78 is 0. The molecule has 0 aromatic rings. The predicted molar refractivity (Wildman–Crippen MR) is 79.3 cm³/mol. The lowest BCUT2D eigenvalue weighted by atomic mass is 9.86. The van der Waals surface area contributed by atoms with Crippen molar-refractivity contribution in [2.45, 2.75) is 97.9 Å². The Morgan fingerprint density at radius 2 is 1.29 bits per heavy atom. The normalized spacial score (nSPS) is 13.9. The molecule has 0 aliphatic heterocycles. The van der Waals surface area contributed by atoms with Gasteiger partial charge in [0.1, 0.15) is 0 Å². The van der Waals surface area contributed by atoms with Gasteiger partial charge in [-0.3, -0.25) is 0 Å². The molecule has 0 saturated heterocycles. The van der Waals surface area contributed by atoms with Crippen LogP contribution in [0.4, 0.5) is 0 Å². The van der Waals surface area contributed by atoms with Crippen molar-refractivity contribution in [1.29, 1.82) is 0 Å². The summed E-state index contributed by atoms with van der Waals surface area (Å²) in [6.45, 7) is 9.11. The molecule has 17 heavy (non-hydrogen) atoms. The lowest BCUT2D eigenvalue weighted by Gasteiger charge is -2.23. The molecule has 1 heteroatoms. The van der Waals surface area contributed by atoms with Crippen molar-refractivity contribution in [2.24, 2.45) is 11.1 Å². The number of hydrogen-bond donors (Lipinski definition) is 1. The number of rotatable bonds is 10. The topological polar surface area (TPSA) is 26.0 Å². The van der Waals surface area contributed by atoms with Crippen LogP contribution in [0.25, 0.3) is 0 Å². The molecule has 0 spiro atoms. The molecule has 0 bridgehead atoms. The minimum atomic E-state index is 0.388. The van der Waals surface area contributed by atoms with Crippen molar-refractivity contribution in [1.82, 2.24) is 0 Å². The summed E-state index contributed by atoms with van der Waals surface area (Å²) >= 11 is 0. The second kappa shape index (κ2) is 9.94. The third-order valence-electron chi connectivity index (χ3n) is 3.30. The standard InChI is InChI=1S/C16H35N/c1-5-6-7-8-9-10-11-12-13-15(17)14-16(2,3)4/h15H,5-14,17H2,1-4H3. The van der Waals surface area contributed by atoms with E-state index >= 15 is 0 Å². The molecule has 0 aromatic carbocycles. The molecule has 0 saturated carbocycles. The molecular weight excluding hydrogens is 206 g/mol. The third-order valence-corrected chi connectivity index (χ3v) is 3.30. The molecular formula is C16H35N. The molecule has 0 amide bonds. The number of unbranched alkanes of at least 4 members (excludes halogenated alkanes) is 7. The molecule has 104 valence electrons. The average molecular weight is 241 g/mol. The van der Waals surface area contributed by atoms with E-state index in [0.717, 1.165) is 6.42 Å². The first-order chi connectivity index (χ1) is 7.95. The zero-order valence-electron chi connectivity index (χ0n) is 12.7. The van der Waals surface area contributed by atoms with Crippen molar-refractivity contribution >= 4 is 0 Å². The smallest absolute Gasteiger partial charge is 0.00438 e. The summed E-state index contributed by atoms with van der Waals surface area (Å²) in [5, 5.41) is 0. The van der Waals surface area contributed by atoms with Crippen LogP contribution in [-0.4, -0.2) is 6.04 Å². The summed E-state index contributed by atoms with van der Waals surface area (Å²) in [5.41, 5.74) is 6.53. The van der Waals surface area contributed by atoms with Gasteiger partial charge in [-0.25, -0.2) is 0 Å². The van der Waals surface area contributed by atoms with Gasteiger partial charge in [0.05, 0.1) is 0 Å². The van der Waals surface area contributed by atoms with E-state index in [1.807, 2.05) is 0 Å². The summed E-state index contributed by atoms with van der Waals surface area (Å²) in [6, 6.07) is 0.412. The zero-order chi connectivity index (χ0) is 13.1. The fourth-order valence-electron chi connectivity index (χ4n) is 2.43. The van der Waals surface area contributed by atoms with Crippen LogP contribution in [-0.2, 0) is 0 Å². The first-order valence-electron chi connectivity index (χ1n) is 7.71. The van der Waals surface area contributed by atoms with Crippen LogP contribution in [0.1, 0.15) is 91.9 Å². The van der Waals surface area contributed by atoms with Crippen LogP contribution in [0.15, 0.2) is 0 Å². The molecule has 0 aliphatic carbocycles. The van der Waals surface area contributed by atoms with Crippen LogP contribution >= 0.6 is 0 Å². The lowest BCUT2D eigenvalue weighted by Crippen LogP contribution is -2.26. The van der Waals surface area contributed by atoms with Gasteiger partial charge in [-0.1, -0.05) is 79.1 Å². The van der Waals surface area contributed by atoms with Gasteiger partial charge in [-0.15, -0.1) is 0 Å². The van der Waals surface area contributed by atoms with Gasteiger partial charge in [0.25, 0.3) is 0 Å². The maximum Gasteiger partial charge on any atom is 0.00438 e. The molecule has 0 aliphatic rings. The van der Waals surface area contributed by atoms with Gasteiger partial charge >= 0.3 is 0 Å². The second-order valence-electron chi connectivity index (χ2n) is 6.79. The van der Waals surface area contributed by atoms with E-state index in [2.05, 4.69) is 27.7 Å². The van der Waals surface area contributed by atoms with Crippen LogP contribution in [0, 0.1) is 5.41 Å². The summed E-state index contributed by atoms with van der Waals surface area (Å²) in [5.74, 6) is 0. The Hall–Kier alpha value is -0.0400. The largest absolute Gasteiger partial charge is 0.328 e. The molecule has 0 radical (unpaired) electrons. The van der Waals surface area contributed by atoms with Gasteiger partial charge in [-0.2, -0.15) is 0 Å². The molecule has 1 nitrogen and oxygen atoms in total. The fraction of sp³-hybridized carbons (Fsp3) is 1.00. The van der Waals surface area contributed by atoms with Gasteiger partial charge in [-0.05, 0) is 18.3 Å². The molecule has 0 aromatic heterocycles. The predicted octanol–water partition coefficient (Wildman–Crippen LogP) is 5.28. The number of hydrogen-bond acceptors (Lipinski definition) is 1. The summed E-state index contributed by atoms with van der Waals surface area (Å²) in [7, 11) is 0. The molecule has 0 fully saturated rings. The Bertz CT molecular complexity index is 157. The van der Waals surface area contributed by atoms with Gasteiger partial charge < -0.3 is 5.73 Å². The van der Waals surface area contributed by atoms with E-state index in [1.54, 1.807) is 0 Å². The van der Waals surface area contributed by atoms with Crippen molar-refractivity contribution < 1.29 is 0 Å². The maximum absolute atomic E-state index is 6.14. The van der Waals surface area contributed by atoms with E-state index in [-0.39, 0.29) is 0 Å². The van der Waals surface area contributed by atoms with Crippen LogP contribution < -0.4 is 5.73 Å². The minimum absolute atomic E-state index is 0.388. The first kappa shape index (κ1) is 17.0. The van der Waals surface area contributed by atoms with E-state index < -0.39 is 0 Å². The highest BCUT2D eigenvalue weighted by atomic mass is 14.6. The maximum atomic E-state index is 6.14. The Morgan fingerprint density at radius 1 is 0.824 bits per heavy atom. The highest BCUT2D eigenvalue weighted by molar-refractivity contribution is 4.71. The zero-order valence-corrected chi connectivity index (χ0v) is 12.7. The lowest BCUT2D eigenvalue weighted by molar-refractivity contribution is 0.326. The van der Waals surface area contributed by atoms with E-state index in [4.69, 9.17) is 5.73 Å². The summed E-state index contributed by atoms with van der Waals surface area (Å²) in [6.07, 6.45) is 13.5. The SMILES string of the molecule is CCCCCCCCCCC(N)CC(C)(C)C. The molecule has 2 N–H and O–H groups in total. The van der Waals surface area contributed by atoms with Crippen LogP contribution in [0.3, 0.4) is 0 Å². The van der Waals surface area contributed by atoms with Crippen LogP contribution in [0.2, 0.25) is 0 Å². The molecule has 1 unspecified atom stereocenters. The first-order valence-corrected chi connectivity index (χ1v) is 7.71. The highest BCUT2D eigenvalue weighted by Crippen LogP contribution is 2.22. The van der Waals surface area contributed by atoms with Crippen molar-refractivity contribution in [3.63, 3.8) is 0 Å². The monoisotopic (exact) mass is 241 g/mol. The van der Waals surface area contributed by atoms with Crippen LogP contribution in [0.5, 0.6) is 0 Å². The summed E-state index contributed by atoms with van der Waals surface area (Å²) in [4.78, 5) is 0. The van der Waals surface area contributed by atoms with E-state index in [9.17, 15) is 0 Å². The van der Waals surface area contributed by atoms with Crippen molar-refractivity contribution in [3.8, 4) is 0 Å². The second-order valence-corrected chi connectivity index (χ2v) is 6.79. The Balaban J connectivity index is 3.22. The Kier molecular flexibility index (Phi) is 9.91. The molecule has 0 rings (SSSR count). The molecule has 1 atom stereocenters.